The van der Waals surface area contributed by atoms with Gasteiger partial charge in [-0.15, -0.1) is 0 Å². The summed E-state index contributed by atoms with van der Waals surface area (Å²) >= 11 is 0. The van der Waals surface area contributed by atoms with Crippen LogP contribution in [0.3, 0.4) is 0 Å². The SMILES string of the molecule is CC/C=C/CCCCCCCC/C=C\CCCC.CCCCCCCCOOC. The van der Waals surface area contributed by atoms with Crippen LogP contribution < -0.4 is 0 Å². The van der Waals surface area contributed by atoms with Gasteiger partial charge in [0.05, 0.1) is 13.7 Å². The Morgan fingerprint density at radius 1 is 0.483 bits per heavy atom. The third-order valence-electron chi connectivity index (χ3n) is 4.98. The van der Waals surface area contributed by atoms with Crippen molar-refractivity contribution in [3.63, 3.8) is 0 Å². The Bertz CT molecular complexity index is 302. The molecule has 0 heterocycles. The van der Waals surface area contributed by atoms with E-state index in [2.05, 4.69) is 50.0 Å². The van der Waals surface area contributed by atoms with Crippen LogP contribution in [0.4, 0.5) is 0 Å². The maximum absolute atomic E-state index is 4.74. The topological polar surface area (TPSA) is 18.5 Å². The first-order valence-electron chi connectivity index (χ1n) is 12.8. The molecule has 174 valence electrons. The lowest BCUT2D eigenvalue weighted by atomic mass is 10.1. The second-order valence-electron chi connectivity index (χ2n) is 7.95. The van der Waals surface area contributed by atoms with Crippen molar-refractivity contribution in [1.29, 1.82) is 0 Å². The van der Waals surface area contributed by atoms with E-state index in [0.29, 0.717) is 0 Å². The number of unbranched alkanes of at least 4 members (excludes halogenated alkanes) is 14. The fraction of sp³-hybridized carbons (Fsp3) is 0.852. The van der Waals surface area contributed by atoms with Crippen LogP contribution >= 0.6 is 0 Å². The first-order valence-corrected chi connectivity index (χ1v) is 12.8. The van der Waals surface area contributed by atoms with Gasteiger partial charge in [-0.2, -0.15) is 0 Å². The van der Waals surface area contributed by atoms with Gasteiger partial charge >= 0.3 is 0 Å². The van der Waals surface area contributed by atoms with Gasteiger partial charge in [-0.05, 0) is 44.9 Å². The van der Waals surface area contributed by atoms with Gasteiger partial charge in [0, 0.05) is 0 Å². The van der Waals surface area contributed by atoms with Crippen LogP contribution in [0.5, 0.6) is 0 Å². The van der Waals surface area contributed by atoms with Crippen LogP contribution in [0.1, 0.15) is 136 Å². The molecule has 0 atom stereocenters. The van der Waals surface area contributed by atoms with Crippen molar-refractivity contribution < 1.29 is 9.78 Å². The van der Waals surface area contributed by atoms with Crippen molar-refractivity contribution in [2.24, 2.45) is 0 Å². The molecule has 0 fully saturated rings. The van der Waals surface area contributed by atoms with Crippen molar-refractivity contribution in [1.82, 2.24) is 0 Å². The van der Waals surface area contributed by atoms with Gasteiger partial charge in [0.25, 0.3) is 0 Å². The zero-order valence-electron chi connectivity index (χ0n) is 20.6. The molecule has 29 heavy (non-hydrogen) atoms. The summed E-state index contributed by atoms with van der Waals surface area (Å²) in [6.45, 7) is 7.43. The molecule has 0 aliphatic rings. The molecule has 0 amide bonds. The molecule has 0 aromatic heterocycles. The minimum atomic E-state index is 0.739. The second kappa shape index (κ2) is 32.1. The van der Waals surface area contributed by atoms with Crippen LogP contribution in [0.25, 0.3) is 0 Å². The predicted octanol–water partition coefficient (Wildman–Crippen LogP) is 9.74. The average molecular weight is 411 g/mol. The smallest absolute Gasteiger partial charge is 0.0822 e. The standard InChI is InChI=1S/C18H34.C9H20O2/c1-3-5-7-9-11-13-15-17-18-16-14-12-10-8-6-4-2;1-3-4-5-6-7-8-9-11-10-2/h5,7,10,12H,3-4,6,8-9,11,13-18H2,1-2H3;3-9H2,1-2H3/b7-5+,12-10-;. The summed E-state index contributed by atoms with van der Waals surface area (Å²) in [5.41, 5.74) is 0. The maximum Gasteiger partial charge on any atom is 0.0822 e. The molecule has 0 saturated heterocycles. The highest BCUT2D eigenvalue weighted by Crippen LogP contribution is 2.09. The quantitative estimate of drug-likeness (QED) is 0.0811. The van der Waals surface area contributed by atoms with Gasteiger partial charge < -0.3 is 0 Å². The Kier molecular flexibility index (Phi) is 33.8. The maximum atomic E-state index is 4.74. The summed E-state index contributed by atoms with van der Waals surface area (Å²) in [6.07, 6.45) is 33.3. The van der Waals surface area contributed by atoms with Crippen LogP contribution in [0, 0.1) is 0 Å². The number of allylic oxidation sites excluding steroid dienone is 4. The monoisotopic (exact) mass is 410 g/mol. The highest BCUT2D eigenvalue weighted by Gasteiger charge is 1.90. The van der Waals surface area contributed by atoms with Crippen molar-refractivity contribution in [3.05, 3.63) is 24.3 Å². The first kappa shape index (κ1) is 30.6. The van der Waals surface area contributed by atoms with Gasteiger partial charge in [-0.3, -0.25) is 0 Å². The van der Waals surface area contributed by atoms with Crippen LogP contribution in [0.15, 0.2) is 24.3 Å². The van der Waals surface area contributed by atoms with Gasteiger partial charge in [0.15, 0.2) is 0 Å². The van der Waals surface area contributed by atoms with E-state index in [-0.39, 0.29) is 0 Å². The molecule has 0 aromatic carbocycles. The highest BCUT2D eigenvalue weighted by molar-refractivity contribution is 4.81. The van der Waals surface area contributed by atoms with Gasteiger partial charge in [0.2, 0.25) is 0 Å². The lowest BCUT2D eigenvalue weighted by molar-refractivity contribution is -0.272. The molecule has 0 spiro atoms. The molecule has 2 heteroatoms. The lowest BCUT2D eigenvalue weighted by Crippen LogP contribution is -1.92. The number of hydrogen-bond acceptors (Lipinski definition) is 2. The largest absolute Gasteiger partial charge is 0.240 e. The molecule has 0 N–H and O–H groups in total. The molecule has 0 unspecified atom stereocenters. The van der Waals surface area contributed by atoms with Gasteiger partial charge in [0.1, 0.15) is 0 Å². The van der Waals surface area contributed by atoms with E-state index < -0.39 is 0 Å². The van der Waals surface area contributed by atoms with Crippen molar-refractivity contribution in [2.75, 3.05) is 13.7 Å². The zero-order chi connectivity index (χ0) is 21.7. The van der Waals surface area contributed by atoms with Gasteiger partial charge in [-0.1, -0.05) is 116 Å². The number of rotatable bonds is 21. The fourth-order valence-corrected chi connectivity index (χ4v) is 3.10. The van der Waals surface area contributed by atoms with E-state index in [1.54, 1.807) is 7.11 Å². The van der Waals surface area contributed by atoms with E-state index in [0.717, 1.165) is 13.0 Å². The van der Waals surface area contributed by atoms with E-state index in [1.165, 1.54) is 109 Å². The summed E-state index contributed by atoms with van der Waals surface area (Å²) in [7, 11) is 1.55. The predicted molar refractivity (Wildman–Crippen MR) is 131 cm³/mol. The second-order valence-corrected chi connectivity index (χ2v) is 7.95. The van der Waals surface area contributed by atoms with E-state index in [4.69, 9.17) is 4.89 Å². The van der Waals surface area contributed by atoms with Crippen LogP contribution in [-0.4, -0.2) is 13.7 Å². The highest BCUT2D eigenvalue weighted by atomic mass is 17.2. The minimum Gasteiger partial charge on any atom is -0.240 e. The third-order valence-corrected chi connectivity index (χ3v) is 4.98. The summed E-state index contributed by atoms with van der Waals surface area (Å²) in [6, 6.07) is 0. The Morgan fingerprint density at radius 2 is 0.931 bits per heavy atom. The molecule has 0 aliphatic heterocycles. The summed E-state index contributed by atoms with van der Waals surface area (Å²) in [5.74, 6) is 0. The van der Waals surface area contributed by atoms with Crippen LogP contribution in [0.2, 0.25) is 0 Å². The molecule has 0 rings (SSSR count). The molecule has 0 radical (unpaired) electrons. The summed E-state index contributed by atoms with van der Waals surface area (Å²) < 4.78 is 0. The third kappa shape index (κ3) is 35.2. The summed E-state index contributed by atoms with van der Waals surface area (Å²) in [5, 5.41) is 0. The summed E-state index contributed by atoms with van der Waals surface area (Å²) in [4.78, 5) is 9.21. The molecule has 0 aromatic rings. The fourth-order valence-electron chi connectivity index (χ4n) is 3.10. The molecular weight excluding hydrogens is 356 g/mol. The average Bonchev–Trinajstić information content (AvgIpc) is 2.74. The van der Waals surface area contributed by atoms with Crippen molar-refractivity contribution in [3.8, 4) is 0 Å². The number of hydrogen-bond donors (Lipinski definition) is 0. The first-order chi connectivity index (χ1) is 14.3. The van der Waals surface area contributed by atoms with Gasteiger partial charge in [-0.25, -0.2) is 9.78 Å². The Labute approximate surface area is 184 Å². The molecule has 0 aliphatic carbocycles. The molecule has 0 saturated carbocycles. The Hall–Kier alpha value is -0.600. The van der Waals surface area contributed by atoms with E-state index >= 15 is 0 Å². The van der Waals surface area contributed by atoms with Crippen molar-refractivity contribution >= 4 is 0 Å². The zero-order valence-corrected chi connectivity index (χ0v) is 20.6. The molecular formula is C27H54O2. The minimum absolute atomic E-state index is 0.739. The van der Waals surface area contributed by atoms with E-state index in [9.17, 15) is 0 Å². The normalized spacial score (nSPS) is 11.3. The Balaban J connectivity index is 0. The molecule has 2 nitrogen and oxygen atoms in total. The van der Waals surface area contributed by atoms with E-state index in [1.807, 2.05) is 0 Å². The Morgan fingerprint density at radius 3 is 1.45 bits per heavy atom. The molecule has 0 bridgehead atoms. The lowest BCUT2D eigenvalue weighted by Gasteiger charge is -1.99. The van der Waals surface area contributed by atoms with Crippen LogP contribution in [-0.2, 0) is 9.78 Å². The van der Waals surface area contributed by atoms with Crippen molar-refractivity contribution in [2.45, 2.75) is 136 Å².